The summed E-state index contributed by atoms with van der Waals surface area (Å²) in [6.45, 7) is 20.9. The van der Waals surface area contributed by atoms with Crippen LogP contribution in [0.15, 0.2) is 109 Å². The van der Waals surface area contributed by atoms with Gasteiger partial charge in [-0.25, -0.2) is 0 Å². The van der Waals surface area contributed by atoms with Gasteiger partial charge in [0.05, 0.1) is 0 Å². The van der Waals surface area contributed by atoms with Gasteiger partial charge in [0.25, 0.3) is 0 Å². The average molecular weight is 813 g/mol. The van der Waals surface area contributed by atoms with Crippen LogP contribution in [-0.2, 0) is 34.2 Å². The molecule has 0 saturated heterocycles. The molecule has 4 heteroatoms. The van der Waals surface area contributed by atoms with Gasteiger partial charge in [-0.15, -0.1) is 93.9 Å². The van der Waals surface area contributed by atoms with Crippen LogP contribution < -0.4 is 0 Å². The summed E-state index contributed by atoms with van der Waals surface area (Å²) in [4.78, 5) is 0. The molecule has 6 aromatic carbocycles. The average Bonchev–Trinajstić information content (AvgIpc) is 3.67. The third-order valence-electron chi connectivity index (χ3n) is 9.23. The van der Waals surface area contributed by atoms with E-state index in [-0.39, 0.29) is 43.1 Å². The molecule has 0 nitrogen and oxygen atoms in total. The van der Waals surface area contributed by atoms with Crippen molar-refractivity contribution in [1.29, 1.82) is 0 Å². The molecule has 2 radical (unpaired) electrons. The van der Waals surface area contributed by atoms with Gasteiger partial charge in [-0.1, -0.05) is 146 Å². The number of hydrogen-bond acceptors (Lipinski definition) is 0. The van der Waals surface area contributed by atoms with Crippen molar-refractivity contribution in [2.45, 2.75) is 98.3 Å². The second-order valence-corrected chi connectivity index (χ2v) is 15.3. The summed E-state index contributed by atoms with van der Waals surface area (Å²) in [5.41, 5.74) is 11.1. The maximum absolute atomic E-state index is 3.06. The molecule has 0 unspecified atom stereocenters. The Bertz CT molecular complexity index is 1730. The molecule has 0 bridgehead atoms. The summed E-state index contributed by atoms with van der Waals surface area (Å²) >= 11 is 1.36. The van der Waals surface area contributed by atoms with E-state index >= 15 is 0 Å². The Kier molecular flexibility index (Phi) is 19.7. The fourth-order valence-corrected chi connectivity index (χ4v) is 6.47. The van der Waals surface area contributed by atoms with Gasteiger partial charge >= 0.3 is 30.2 Å². The van der Waals surface area contributed by atoms with Crippen LogP contribution in [0.1, 0.15) is 95.9 Å². The van der Waals surface area contributed by atoms with Crippen LogP contribution in [-0.4, -0.2) is 6.88 Å². The number of rotatable bonds is 2. The topological polar surface area (TPSA) is 0 Å². The van der Waals surface area contributed by atoms with Crippen molar-refractivity contribution in [3.05, 3.63) is 145 Å². The zero-order valence-electron chi connectivity index (χ0n) is 32.3. The number of fused-ring (bicyclic) bond motifs is 2. The monoisotopic (exact) mass is 810 g/mol. The quantitative estimate of drug-likeness (QED) is 0.121. The molecule has 0 heterocycles. The molecule has 51 heavy (non-hydrogen) atoms. The number of aryl methyl sites for hydroxylation is 2. The van der Waals surface area contributed by atoms with Gasteiger partial charge in [0.1, 0.15) is 0 Å². The normalized spacial score (nSPS) is 12.3. The fraction of sp³-hybridized carbons (Fsp3) is 0.319. The van der Waals surface area contributed by atoms with Crippen molar-refractivity contribution >= 4 is 53.2 Å². The Morgan fingerprint density at radius 1 is 0.529 bits per heavy atom. The van der Waals surface area contributed by atoms with Crippen molar-refractivity contribution in [2.75, 3.05) is 0 Å². The molecule has 6 aromatic rings. The van der Waals surface area contributed by atoms with Gasteiger partial charge in [0.2, 0.25) is 0 Å². The van der Waals surface area contributed by atoms with Crippen molar-refractivity contribution < 1.29 is 23.3 Å². The van der Waals surface area contributed by atoms with Crippen molar-refractivity contribution in [1.82, 2.24) is 0 Å². The van der Waals surface area contributed by atoms with Crippen molar-refractivity contribution in [3.63, 3.8) is 0 Å². The predicted molar refractivity (Wildman–Crippen MR) is 231 cm³/mol. The minimum atomic E-state index is 0. The van der Waals surface area contributed by atoms with Crippen LogP contribution in [0.4, 0.5) is 0 Å². The molecule has 0 N–H and O–H groups in total. The molecular weight excluding hydrogens is 755 g/mol. The predicted octanol–water partition coefficient (Wildman–Crippen LogP) is 14.7. The Morgan fingerprint density at radius 3 is 1.16 bits per heavy atom. The fourth-order valence-electron chi connectivity index (χ4n) is 6.47. The van der Waals surface area contributed by atoms with Crippen molar-refractivity contribution in [2.24, 2.45) is 0 Å². The molecule has 0 atom stereocenters. The molecule has 1 fully saturated rings. The third-order valence-corrected chi connectivity index (χ3v) is 9.23. The second kappa shape index (κ2) is 21.5. The second-order valence-electron chi connectivity index (χ2n) is 15.3. The van der Waals surface area contributed by atoms with Gasteiger partial charge in [-0.3, -0.25) is 0 Å². The zero-order chi connectivity index (χ0) is 34.9. The van der Waals surface area contributed by atoms with Crippen LogP contribution in [0.25, 0.3) is 43.8 Å². The summed E-state index contributed by atoms with van der Waals surface area (Å²) in [6, 6.07) is 40.2. The van der Waals surface area contributed by atoms with E-state index in [2.05, 4.69) is 178 Å². The first-order valence-corrected chi connectivity index (χ1v) is 21.7. The van der Waals surface area contributed by atoms with Gasteiger partial charge in [-0.2, -0.15) is 25.0 Å². The third kappa shape index (κ3) is 13.0. The summed E-state index contributed by atoms with van der Waals surface area (Å²) in [5.74, 6) is 0. The Hall–Kier alpha value is -2.22. The van der Waals surface area contributed by atoms with Crippen LogP contribution in [0.5, 0.6) is 0 Å². The Morgan fingerprint density at radius 2 is 0.882 bits per heavy atom. The van der Waals surface area contributed by atoms with E-state index in [4.69, 9.17) is 0 Å². The first-order valence-electron chi connectivity index (χ1n) is 17.5. The van der Waals surface area contributed by atoms with Gasteiger partial charge < -0.3 is 13.8 Å². The van der Waals surface area contributed by atoms with E-state index < -0.39 is 0 Å². The molecule has 1 saturated carbocycles. The summed E-state index contributed by atoms with van der Waals surface area (Å²) < 4.78 is 0. The first kappa shape index (κ1) is 46.8. The Balaban J connectivity index is 0.000000401. The standard InChI is InChI=1S/2C20H21.C6H11.CH3.2ClH.Si.Zr/c2*1-14-12-16-6-5-7-18(19(16)13-14)15-8-10-17(11-9-15)20(2,3)4;1-2-4-6-5-3-1;;;;;/h2*5-13H,1-4H3;1H,2-6H2;1H3;2*1H;;/q4*-1;;;;. The summed E-state index contributed by atoms with van der Waals surface area (Å²) in [5, 5.41) is 5.38. The van der Waals surface area contributed by atoms with E-state index in [0.29, 0.717) is 0 Å². The molecule has 0 aromatic heterocycles. The number of benzene rings is 4. The summed E-state index contributed by atoms with van der Waals surface area (Å²) in [7, 11) is 0. The van der Waals surface area contributed by atoms with E-state index in [1.807, 2.05) is 0 Å². The molecule has 1 aliphatic rings. The first-order chi connectivity index (χ1) is 22.9. The Labute approximate surface area is 340 Å². The number of halogens is 2. The summed E-state index contributed by atoms with van der Waals surface area (Å²) in [6.07, 6.45) is 9.50. The SMILES string of the molecule is Cc1cc2c(-c3ccc(C(C)(C)C)cc3)cccc2[cH-]1.Cc1cc2c(-c3ccc(C(C)(C)C)cc3)cccc2[cH-]1.Cl.Cl.[CH-]1CCCCC1.[CH3-].[Si]=[Zr]. The molecule has 0 spiro atoms. The van der Waals surface area contributed by atoms with Gasteiger partial charge in [0.15, 0.2) is 0 Å². The van der Waals surface area contributed by atoms with Crippen LogP contribution in [0.3, 0.4) is 0 Å². The zero-order valence-corrected chi connectivity index (χ0v) is 37.4. The number of hydrogen-bond donors (Lipinski definition) is 0. The van der Waals surface area contributed by atoms with Crippen molar-refractivity contribution in [3.8, 4) is 22.3 Å². The van der Waals surface area contributed by atoms with E-state index in [1.54, 1.807) is 0 Å². The van der Waals surface area contributed by atoms with Gasteiger partial charge in [0, 0.05) is 0 Å². The van der Waals surface area contributed by atoms with Crippen LogP contribution in [0.2, 0.25) is 0 Å². The van der Waals surface area contributed by atoms with Crippen LogP contribution >= 0.6 is 24.8 Å². The van der Waals surface area contributed by atoms with Gasteiger partial charge in [-0.05, 0) is 33.1 Å². The molecule has 0 aliphatic heterocycles. The molecule has 272 valence electrons. The molecule has 7 rings (SSSR count). The maximum atomic E-state index is 3.06. The molecular formula is C47H58Cl2SiZr-4. The van der Waals surface area contributed by atoms with Crippen LogP contribution in [0, 0.1) is 27.7 Å². The molecule has 0 amide bonds. The molecule has 1 aliphatic carbocycles. The van der Waals surface area contributed by atoms with E-state index in [0.717, 1.165) is 0 Å². The van der Waals surface area contributed by atoms with E-state index in [1.165, 1.54) is 121 Å². The minimum absolute atomic E-state index is 0. The van der Waals surface area contributed by atoms with E-state index in [9.17, 15) is 0 Å².